The summed E-state index contributed by atoms with van der Waals surface area (Å²) in [6.07, 6.45) is 1.83. The van der Waals surface area contributed by atoms with E-state index >= 15 is 0 Å². The molecule has 4 nitrogen and oxygen atoms in total. The van der Waals surface area contributed by atoms with Gasteiger partial charge in [0.2, 0.25) is 0 Å². The van der Waals surface area contributed by atoms with Crippen molar-refractivity contribution in [1.82, 2.24) is 5.32 Å². The van der Waals surface area contributed by atoms with Crippen molar-refractivity contribution in [3.63, 3.8) is 0 Å². The van der Waals surface area contributed by atoms with Crippen molar-refractivity contribution in [2.75, 3.05) is 13.1 Å². The summed E-state index contributed by atoms with van der Waals surface area (Å²) in [5.74, 6) is 0. The number of urea groups is 1. The van der Waals surface area contributed by atoms with Gasteiger partial charge in [-0.1, -0.05) is 0 Å². The Balaban J connectivity index is 0. The van der Waals surface area contributed by atoms with Crippen molar-refractivity contribution in [3.8, 4) is 0 Å². The largest absolute Gasteiger partial charge is 0.352 e. The summed E-state index contributed by atoms with van der Waals surface area (Å²) in [7, 11) is 0. The van der Waals surface area contributed by atoms with E-state index in [-0.39, 0.29) is 12.4 Å². The molecule has 2 amide bonds. The molecule has 10 heavy (non-hydrogen) atoms. The van der Waals surface area contributed by atoms with E-state index in [1.807, 2.05) is 0 Å². The average molecular weight is 168 g/mol. The molecule has 0 saturated carbocycles. The van der Waals surface area contributed by atoms with E-state index in [4.69, 9.17) is 11.5 Å². The zero-order valence-corrected chi connectivity index (χ0v) is 6.62. The van der Waals surface area contributed by atoms with E-state index in [2.05, 4.69) is 5.32 Å². The van der Waals surface area contributed by atoms with Gasteiger partial charge in [0, 0.05) is 6.54 Å². The molecule has 0 aromatic heterocycles. The van der Waals surface area contributed by atoms with Crippen molar-refractivity contribution in [3.05, 3.63) is 0 Å². The topological polar surface area (TPSA) is 81.1 Å². The molecule has 0 radical (unpaired) electrons. The van der Waals surface area contributed by atoms with Crippen LogP contribution >= 0.6 is 12.4 Å². The highest BCUT2D eigenvalue weighted by Gasteiger charge is 1.88. The minimum Gasteiger partial charge on any atom is -0.352 e. The SMILES string of the molecule is Cl.NCCCCNC(N)=O. The molecule has 5 heteroatoms. The third kappa shape index (κ3) is 10.5. The number of rotatable bonds is 4. The van der Waals surface area contributed by atoms with Crippen LogP contribution in [0.2, 0.25) is 0 Å². The fraction of sp³-hybridized carbons (Fsp3) is 0.800. The highest BCUT2D eigenvalue weighted by Crippen LogP contribution is 1.80. The van der Waals surface area contributed by atoms with Gasteiger partial charge in [0.25, 0.3) is 0 Å². The Morgan fingerprint density at radius 1 is 1.40 bits per heavy atom. The predicted octanol–water partition coefficient (Wildman–Crippen LogP) is -0.185. The number of amides is 2. The lowest BCUT2D eigenvalue weighted by molar-refractivity contribution is 0.249. The lowest BCUT2D eigenvalue weighted by Gasteiger charge is -1.97. The van der Waals surface area contributed by atoms with Crippen LogP contribution in [0.25, 0.3) is 0 Å². The Kier molecular flexibility index (Phi) is 10.4. The second-order valence-corrected chi connectivity index (χ2v) is 1.79. The van der Waals surface area contributed by atoms with Crippen LogP contribution in [-0.2, 0) is 0 Å². The number of carbonyl (C=O) groups is 1. The average Bonchev–Trinajstić information content (AvgIpc) is 1.80. The molecule has 0 spiro atoms. The van der Waals surface area contributed by atoms with E-state index in [1.54, 1.807) is 0 Å². The first-order valence-corrected chi connectivity index (χ1v) is 3.00. The van der Waals surface area contributed by atoms with Crippen LogP contribution in [0.4, 0.5) is 4.79 Å². The zero-order chi connectivity index (χ0) is 7.11. The van der Waals surface area contributed by atoms with E-state index < -0.39 is 6.03 Å². The number of unbranched alkanes of at least 4 members (excludes halogenated alkanes) is 1. The first kappa shape index (κ1) is 12.2. The van der Waals surface area contributed by atoms with Crippen molar-refractivity contribution in [2.24, 2.45) is 11.5 Å². The van der Waals surface area contributed by atoms with Crippen LogP contribution < -0.4 is 16.8 Å². The standard InChI is InChI=1S/C5H13N3O.ClH/c6-3-1-2-4-8-5(7)9;/h1-4,6H2,(H3,7,8,9);1H. The second kappa shape index (κ2) is 8.52. The molecule has 0 fully saturated rings. The Hall–Kier alpha value is -0.480. The van der Waals surface area contributed by atoms with Gasteiger partial charge in [-0.3, -0.25) is 0 Å². The minimum atomic E-state index is -0.466. The molecule has 0 aliphatic heterocycles. The molecule has 0 atom stereocenters. The maximum Gasteiger partial charge on any atom is 0.312 e. The zero-order valence-electron chi connectivity index (χ0n) is 5.80. The van der Waals surface area contributed by atoms with Crippen molar-refractivity contribution in [2.45, 2.75) is 12.8 Å². The number of nitrogens with two attached hydrogens (primary N) is 2. The molecule has 0 saturated heterocycles. The van der Waals surface area contributed by atoms with Crippen molar-refractivity contribution >= 4 is 18.4 Å². The van der Waals surface area contributed by atoms with E-state index in [1.165, 1.54) is 0 Å². The third-order valence-corrected chi connectivity index (χ3v) is 0.930. The molecule has 0 bridgehead atoms. The van der Waals surface area contributed by atoms with Crippen LogP contribution in [0.15, 0.2) is 0 Å². The Morgan fingerprint density at radius 2 is 2.00 bits per heavy atom. The van der Waals surface area contributed by atoms with Crippen molar-refractivity contribution < 1.29 is 4.79 Å². The van der Waals surface area contributed by atoms with E-state index in [0.29, 0.717) is 13.1 Å². The predicted molar refractivity (Wildman–Crippen MR) is 43.1 cm³/mol. The van der Waals surface area contributed by atoms with Crippen LogP contribution in [0.3, 0.4) is 0 Å². The third-order valence-electron chi connectivity index (χ3n) is 0.930. The van der Waals surface area contributed by atoms with Crippen LogP contribution in [0.1, 0.15) is 12.8 Å². The molecule has 62 valence electrons. The quantitative estimate of drug-likeness (QED) is 0.508. The number of nitrogens with one attached hydrogen (secondary N) is 1. The van der Waals surface area contributed by atoms with Gasteiger partial charge in [0.1, 0.15) is 0 Å². The number of hydrogen-bond donors (Lipinski definition) is 3. The van der Waals surface area contributed by atoms with Crippen LogP contribution in [-0.4, -0.2) is 19.1 Å². The van der Waals surface area contributed by atoms with Gasteiger partial charge in [-0.15, -0.1) is 12.4 Å². The van der Waals surface area contributed by atoms with Crippen molar-refractivity contribution in [1.29, 1.82) is 0 Å². The fourth-order valence-electron chi connectivity index (χ4n) is 0.481. The smallest absolute Gasteiger partial charge is 0.312 e. The molecular formula is C5H14ClN3O. The van der Waals surface area contributed by atoms with Gasteiger partial charge < -0.3 is 16.8 Å². The number of carbonyl (C=O) groups excluding carboxylic acids is 1. The summed E-state index contributed by atoms with van der Waals surface area (Å²) in [6, 6.07) is -0.466. The highest BCUT2D eigenvalue weighted by atomic mass is 35.5. The molecule has 0 unspecified atom stereocenters. The monoisotopic (exact) mass is 167 g/mol. The molecule has 0 aromatic carbocycles. The van der Waals surface area contributed by atoms with Crippen LogP contribution in [0, 0.1) is 0 Å². The maximum absolute atomic E-state index is 10.0. The Morgan fingerprint density at radius 3 is 2.40 bits per heavy atom. The summed E-state index contributed by atoms with van der Waals surface area (Å²) in [6.45, 7) is 1.30. The fourth-order valence-corrected chi connectivity index (χ4v) is 0.481. The summed E-state index contributed by atoms with van der Waals surface area (Å²) in [4.78, 5) is 10.0. The molecular weight excluding hydrogens is 154 g/mol. The molecule has 0 aromatic rings. The first-order chi connectivity index (χ1) is 4.27. The summed E-state index contributed by atoms with van der Waals surface area (Å²) in [5.41, 5.74) is 9.99. The number of hydrogen-bond acceptors (Lipinski definition) is 2. The highest BCUT2D eigenvalue weighted by molar-refractivity contribution is 5.85. The molecule has 0 aliphatic carbocycles. The molecule has 0 rings (SSSR count). The van der Waals surface area contributed by atoms with Gasteiger partial charge in [-0.05, 0) is 19.4 Å². The minimum absolute atomic E-state index is 0. The van der Waals surface area contributed by atoms with Crippen LogP contribution in [0.5, 0.6) is 0 Å². The first-order valence-electron chi connectivity index (χ1n) is 3.00. The number of halogens is 1. The van der Waals surface area contributed by atoms with Gasteiger partial charge in [0.15, 0.2) is 0 Å². The lowest BCUT2D eigenvalue weighted by atomic mass is 10.3. The van der Waals surface area contributed by atoms with Gasteiger partial charge in [-0.25, -0.2) is 4.79 Å². The van der Waals surface area contributed by atoms with Gasteiger partial charge in [0.05, 0.1) is 0 Å². The summed E-state index contributed by atoms with van der Waals surface area (Å²) >= 11 is 0. The van der Waals surface area contributed by atoms with Gasteiger partial charge in [-0.2, -0.15) is 0 Å². The second-order valence-electron chi connectivity index (χ2n) is 1.79. The summed E-state index contributed by atoms with van der Waals surface area (Å²) in [5, 5.41) is 2.46. The Bertz CT molecular complexity index is 89.0. The number of primary amides is 1. The molecule has 0 heterocycles. The van der Waals surface area contributed by atoms with E-state index in [9.17, 15) is 4.79 Å². The molecule has 0 aliphatic rings. The normalized spacial score (nSPS) is 8.10. The summed E-state index contributed by atoms with van der Waals surface area (Å²) < 4.78 is 0. The molecule has 5 N–H and O–H groups in total. The maximum atomic E-state index is 10.0. The van der Waals surface area contributed by atoms with E-state index in [0.717, 1.165) is 12.8 Å². The Labute approximate surface area is 66.7 Å². The van der Waals surface area contributed by atoms with Gasteiger partial charge >= 0.3 is 6.03 Å². The lowest BCUT2D eigenvalue weighted by Crippen LogP contribution is -2.30.